The van der Waals surface area contributed by atoms with Gasteiger partial charge in [-0.1, -0.05) is 12.1 Å². The van der Waals surface area contributed by atoms with Gasteiger partial charge < -0.3 is 20.5 Å². The topological polar surface area (TPSA) is 90.7 Å². The van der Waals surface area contributed by atoms with Gasteiger partial charge in [-0.15, -0.1) is 0 Å². The van der Waals surface area contributed by atoms with Gasteiger partial charge in [-0.25, -0.2) is 0 Å². The van der Waals surface area contributed by atoms with Crippen LogP contribution < -0.4 is 15.8 Å². The molecule has 1 fully saturated rings. The maximum atomic E-state index is 11.3. The molecule has 0 spiro atoms. The molecular weight excluding hydrogens is 248 g/mol. The van der Waals surface area contributed by atoms with Crippen molar-refractivity contribution in [2.24, 2.45) is 5.73 Å². The molecule has 2 rings (SSSR count). The largest absolute Gasteiger partial charge is 0.484 e. The SMILES string of the molecule is NC(=O)COc1ccc(CNC2CCOC2=O)cc1. The Labute approximate surface area is 110 Å². The number of carbonyl (C=O) groups excluding carboxylic acids is 2. The molecule has 1 aliphatic heterocycles. The zero-order valence-corrected chi connectivity index (χ0v) is 10.4. The Morgan fingerprint density at radius 1 is 1.42 bits per heavy atom. The van der Waals surface area contributed by atoms with Gasteiger partial charge in [0.2, 0.25) is 0 Å². The van der Waals surface area contributed by atoms with Crippen LogP contribution in [0.2, 0.25) is 0 Å². The number of hydrogen-bond donors (Lipinski definition) is 2. The van der Waals surface area contributed by atoms with Crippen molar-refractivity contribution in [1.29, 1.82) is 0 Å². The van der Waals surface area contributed by atoms with Crippen LogP contribution in [0.25, 0.3) is 0 Å². The Morgan fingerprint density at radius 3 is 2.74 bits per heavy atom. The van der Waals surface area contributed by atoms with Crippen LogP contribution >= 0.6 is 0 Å². The van der Waals surface area contributed by atoms with Crippen molar-refractivity contribution in [1.82, 2.24) is 5.32 Å². The first kappa shape index (κ1) is 13.4. The predicted octanol–water partition coefficient (Wildman–Crippen LogP) is -0.0442. The van der Waals surface area contributed by atoms with Crippen LogP contribution in [-0.2, 0) is 20.9 Å². The number of hydrogen-bond acceptors (Lipinski definition) is 5. The van der Waals surface area contributed by atoms with E-state index in [1.807, 2.05) is 12.1 Å². The van der Waals surface area contributed by atoms with Crippen molar-refractivity contribution >= 4 is 11.9 Å². The minimum absolute atomic E-state index is 0.133. The lowest BCUT2D eigenvalue weighted by molar-refractivity contribution is -0.139. The van der Waals surface area contributed by atoms with Gasteiger partial charge in [0.15, 0.2) is 6.61 Å². The van der Waals surface area contributed by atoms with Gasteiger partial charge in [-0.2, -0.15) is 0 Å². The van der Waals surface area contributed by atoms with E-state index >= 15 is 0 Å². The Hall–Kier alpha value is -2.08. The lowest BCUT2D eigenvalue weighted by Gasteiger charge is -2.09. The fourth-order valence-electron chi connectivity index (χ4n) is 1.78. The van der Waals surface area contributed by atoms with Crippen molar-refractivity contribution in [3.05, 3.63) is 29.8 Å². The molecule has 0 saturated carbocycles. The third kappa shape index (κ3) is 3.96. The van der Waals surface area contributed by atoms with Crippen LogP contribution in [0.15, 0.2) is 24.3 Å². The zero-order chi connectivity index (χ0) is 13.7. The molecule has 1 aliphatic rings. The van der Waals surface area contributed by atoms with Crippen LogP contribution in [0, 0.1) is 0 Å². The van der Waals surface area contributed by atoms with Gasteiger partial charge in [0.1, 0.15) is 11.8 Å². The van der Waals surface area contributed by atoms with E-state index in [1.165, 1.54) is 0 Å². The molecule has 1 unspecified atom stereocenters. The van der Waals surface area contributed by atoms with E-state index in [1.54, 1.807) is 12.1 Å². The summed E-state index contributed by atoms with van der Waals surface area (Å²) in [5.41, 5.74) is 6.00. The minimum Gasteiger partial charge on any atom is -0.484 e. The van der Waals surface area contributed by atoms with E-state index in [0.717, 1.165) is 5.56 Å². The average Bonchev–Trinajstić information content (AvgIpc) is 2.81. The summed E-state index contributed by atoms with van der Waals surface area (Å²) in [5.74, 6) is -0.116. The van der Waals surface area contributed by atoms with Gasteiger partial charge in [0.25, 0.3) is 5.91 Å². The fraction of sp³-hybridized carbons (Fsp3) is 0.385. The fourth-order valence-corrected chi connectivity index (χ4v) is 1.78. The zero-order valence-electron chi connectivity index (χ0n) is 10.4. The number of rotatable bonds is 6. The van der Waals surface area contributed by atoms with Crippen molar-refractivity contribution < 1.29 is 19.1 Å². The second kappa shape index (κ2) is 6.19. The van der Waals surface area contributed by atoms with Crippen molar-refractivity contribution in [2.75, 3.05) is 13.2 Å². The van der Waals surface area contributed by atoms with Gasteiger partial charge in [-0.05, 0) is 17.7 Å². The summed E-state index contributed by atoms with van der Waals surface area (Å²) in [7, 11) is 0. The Kier molecular flexibility index (Phi) is 4.35. The third-order valence-corrected chi connectivity index (χ3v) is 2.79. The maximum absolute atomic E-state index is 11.3. The standard InChI is InChI=1S/C13H16N2O4/c14-12(16)8-19-10-3-1-9(2-4-10)7-15-11-5-6-18-13(11)17/h1-4,11,15H,5-8H2,(H2,14,16). The van der Waals surface area contributed by atoms with Crippen molar-refractivity contribution in [3.8, 4) is 5.75 Å². The molecule has 19 heavy (non-hydrogen) atoms. The molecule has 3 N–H and O–H groups in total. The molecule has 0 aromatic heterocycles. The first-order chi connectivity index (χ1) is 9.15. The molecule has 6 nitrogen and oxygen atoms in total. The summed E-state index contributed by atoms with van der Waals surface area (Å²) >= 11 is 0. The van der Waals surface area contributed by atoms with Gasteiger partial charge in [-0.3, -0.25) is 9.59 Å². The Morgan fingerprint density at radius 2 is 2.16 bits per heavy atom. The van der Waals surface area contributed by atoms with E-state index in [2.05, 4.69) is 5.32 Å². The number of ether oxygens (including phenoxy) is 2. The average molecular weight is 264 g/mol. The second-order valence-electron chi connectivity index (χ2n) is 4.29. The highest BCUT2D eigenvalue weighted by Crippen LogP contribution is 2.13. The molecular formula is C13H16N2O4. The quantitative estimate of drug-likeness (QED) is 0.703. The van der Waals surface area contributed by atoms with Crippen LogP contribution in [0.4, 0.5) is 0 Å². The first-order valence-corrected chi connectivity index (χ1v) is 6.05. The summed E-state index contributed by atoms with van der Waals surface area (Å²) in [4.78, 5) is 21.8. The van der Waals surface area contributed by atoms with Gasteiger partial charge in [0.05, 0.1) is 6.61 Å². The van der Waals surface area contributed by atoms with E-state index < -0.39 is 5.91 Å². The molecule has 1 aromatic carbocycles. The Balaban J connectivity index is 1.81. The predicted molar refractivity (Wildman–Crippen MR) is 67.3 cm³/mol. The lowest BCUT2D eigenvalue weighted by Crippen LogP contribution is -2.32. The molecule has 1 aromatic rings. The molecule has 1 atom stereocenters. The second-order valence-corrected chi connectivity index (χ2v) is 4.29. The van der Waals surface area contributed by atoms with E-state index in [0.29, 0.717) is 25.3 Å². The number of esters is 1. The molecule has 0 aliphatic carbocycles. The highest BCUT2D eigenvalue weighted by molar-refractivity contribution is 5.77. The number of amides is 1. The normalized spacial score (nSPS) is 18.1. The summed E-state index contributed by atoms with van der Waals surface area (Å²) in [6.45, 7) is 0.928. The van der Waals surface area contributed by atoms with Crippen molar-refractivity contribution in [2.45, 2.75) is 19.0 Å². The first-order valence-electron chi connectivity index (χ1n) is 6.05. The summed E-state index contributed by atoms with van der Waals surface area (Å²) < 4.78 is 10.0. The highest BCUT2D eigenvalue weighted by Gasteiger charge is 2.25. The molecule has 0 radical (unpaired) electrons. The van der Waals surface area contributed by atoms with E-state index in [4.69, 9.17) is 15.2 Å². The number of carbonyl (C=O) groups is 2. The Bertz CT molecular complexity index is 458. The smallest absolute Gasteiger partial charge is 0.323 e. The third-order valence-electron chi connectivity index (χ3n) is 2.79. The van der Waals surface area contributed by atoms with Gasteiger partial charge >= 0.3 is 5.97 Å². The maximum Gasteiger partial charge on any atom is 0.323 e. The molecule has 6 heteroatoms. The van der Waals surface area contributed by atoms with Crippen LogP contribution in [-0.4, -0.2) is 31.1 Å². The van der Waals surface area contributed by atoms with Crippen molar-refractivity contribution in [3.63, 3.8) is 0 Å². The summed E-state index contributed by atoms with van der Waals surface area (Å²) in [5, 5.41) is 3.13. The molecule has 0 bridgehead atoms. The number of nitrogens with one attached hydrogen (secondary N) is 1. The number of primary amides is 1. The molecule has 1 saturated heterocycles. The molecule has 1 heterocycles. The monoisotopic (exact) mass is 264 g/mol. The molecule has 1 amide bonds. The van der Waals surface area contributed by atoms with Gasteiger partial charge in [0, 0.05) is 13.0 Å². The van der Waals surface area contributed by atoms with E-state index in [9.17, 15) is 9.59 Å². The van der Waals surface area contributed by atoms with Crippen LogP contribution in [0.3, 0.4) is 0 Å². The summed E-state index contributed by atoms with van der Waals surface area (Å²) in [6, 6.07) is 7.03. The minimum atomic E-state index is -0.509. The van der Waals surface area contributed by atoms with Crippen LogP contribution in [0.5, 0.6) is 5.75 Å². The number of nitrogens with two attached hydrogens (primary N) is 1. The lowest BCUT2D eigenvalue weighted by atomic mass is 10.2. The van der Waals surface area contributed by atoms with Crippen LogP contribution in [0.1, 0.15) is 12.0 Å². The molecule has 102 valence electrons. The summed E-state index contributed by atoms with van der Waals surface area (Å²) in [6.07, 6.45) is 0.707. The number of cyclic esters (lactones) is 1. The number of benzene rings is 1. The van der Waals surface area contributed by atoms with E-state index in [-0.39, 0.29) is 18.6 Å². The highest BCUT2D eigenvalue weighted by atomic mass is 16.5.